The van der Waals surface area contributed by atoms with E-state index in [4.69, 9.17) is 5.11 Å². The molecule has 2 N–H and O–H groups in total. The highest BCUT2D eigenvalue weighted by Crippen LogP contribution is 2.17. The first-order chi connectivity index (χ1) is 7.43. The van der Waals surface area contributed by atoms with Crippen LogP contribution in [-0.2, 0) is 6.54 Å². The number of aromatic nitrogens is 1. The summed E-state index contributed by atoms with van der Waals surface area (Å²) in [5.41, 5.74) is 1.13. The Labute approximate surface area is 102 Å². The lowest BCUT2D eigenvalue weighted by Crippen LogP contribution is -2.40. The summed E-state index contributed by atoms with van der Waals surface area (Å²) >= 11 is 1.69. The van der Waals surface area contributed by atoms with Crippen LogP contribution in [0, 0.1) is 12.8 Å². The number of nitrogens with one attached hydrogen (secondary N) is 1. The van der Waals surface area contributed by atoms with Gasteiger partial charge in [-0.2, -0.15) is 0 Å². The molecule has 0 fully saturated rings. The Kier molecular flexibility index (Phi) is 4.89. The molecule has 0 amide bonds. The van der Waals surface area contributed by atoms with Crippen LogP contribution in [0.2, 0.25) is 0 Å². The summed E-state index contributed by atoms with van der Waals surface area (Å²) < 4.78 is 0. The van der Waals surface area contributed by atoms with E-state index < -0.39 is 0 Å². The number of thiazole rings is 1. The van der Waals surface area contributed by atoms with Crippen LogP contribution in [0.25, 0.3) is 0 Å². The van der Waals surface area contributed by atoms with Crippen molar-refractivity contribution in [2.75, 3.05) is 6.61 Å². The first-order valence-electron chi connectivity index (χ1n) is 5.70. The monoisotopic (exact) mass is 242 g/mol. The van der Waals surface area contributed by atoms with E-state index >= 15 is 0 Å². The van der Waals surface area contributed by atoms with Crippen LogP contribution < -0.4 is 5.32 Å². The van der Waals surface area contributed by atoms with Crippen molar-refractivity contribution in [3.8, 4) is 0 Å². The first kappa shape index (κ1) is 13.6. The standard InChI is InChI=1S/C12H22N2OS/c1-9(7-15)5-12(3,4)13-6-11-14-10(2)8-16-11/h8-9,13,15H,5-7H2,1-4H3/t9-/m1/s1. The molecule has 0 aliphatic rings. The van der Waals surface area contributed by atoms with Gasteiger partial charge in [0.2, 0.25) is 0 Å². The van der Waals surface area contributed by atoms with Gasteiger partial charge < -0.3 is 10.4 Å². The molecule has 0 unspecified atom stereocenters. The number of aliphatic hydroxyl groups excluding tert-OH is 1. The quantitative estimate of drug-likeness (QED) is 0.805. The van der Waals surface area contributed by atoms with Crippen LogP contribution >= 0.6 is 11.3 Å². The molecular formula is C12H22N2OS. The third-order valence-corrected chi connectivity index (χ3v) is 3.52. The lowest BCUT2D eigenvalue weighted by molar-refractivity contribution is 0.195. The van der Waals surface area contributed by atoms with Crippen molar-refractivity contribution in [3.63, 3.8) is 0 Å². The van der Waals surface area contributed by atoms with Gasteiger partial charge >= 0.3 is 0 Å². The maximum absolute atomic E-state index is 9.05. The molecule has 1 rings (SSSR count). The molecule has 0 saturated carbocycles. The van der Waals surface area contributed by atoms with E-state index in [2.05, 4.69) is 36.5 Å². The molecule has 1 aromatic heterocycles. The lowest BCUT2D eigenvalue weighted by Gasteiger charge is -2.28. The molecular weight excluding hydrogens is 220 g/mol. The summed E-state index contributed by atoms with van der Waals surface area (Å²) in [6.45, 7) is 9.47. The normalized spacial score (nSPS) is 14.1. The van der Waals surface area contributed by atoms with E-state index in [0.717, 1.165) is 23.7 Å². The van der Waals surface area contributed by atoms with Gasteiger partial charge in [0, 0.05) is 29.8 Å². The molecule has 0 aliphatic carbocycles. The van der Waals surface area contributed by atoms with Gasteiger partial charge in [-0.3, -0.25) is 0 Å². The van der Waals surface area contributed by atoms with Crippen LogP contribution in [0.15, 0.2) is 5.38 Å². The maximum atomic E-state index is 9.05. The molecule has 0 aliphatic heterocycles. The summed E-state index contributed by atoms with van der Waals surface area (Å²) in [5.74, 6) is 0.334. The van der Waals surface area contributed by atoms with Crippen molar-refractivity contribution in [2.45, 2.75) is 46.2 Å². The van der Waals surface area contributed by atoms with Crippen molar-refractivity contribution in [1.29, 1.82) is 0 Å². The number of rotatable bonds is 6. The zero-order valence-corrected chi connectivity index (χ0v) is 11.4. The number of aliphatic hydroxyl groups is 1. The van der Waals surface area contributed by atoms with Gasteiger partial charge in [0.05, 0.1) is 0 Å². The molecule has 3 nitrogen and oxygen atoms in total. The lowest BCUT2D eigenvalue weighted by atomic mass is 9.92. The average Bonchev–Trinajstić information content (AvgIpc) is 2.61. The Hall–Kier alpha value is -0.450. The third kappa shape index (κ3) is 4.60. The molecule has 1 heterocycles. The topological polar surface area (TPSA) is 45.1 Å². The number of hydrogen-bond acceptors (Lipinski definition) is 4. The minimum absolute atomic E-state index is 0.0434. The van der Waals surface area contributed by atoms with Crippen molar-refractivity contribution in [3.05, 3.63) is 16.1 Å². The van der Waals surface area contributed by atoms with Crippen molar-refractivity contribution in [1.82, 2.24) is 10.3 Å². The van der Waals surface area contributed by atoms with Crippen molar-refractivity contribution in [2.24, 2.45) is 5.92 Å². The Morgan fingerprint density at radius 1 is 1.56 bits per heavy atom. The predicted octanol–water partition coefficient (Wildman–Crippen LogP) is 2.34. The Morgan fingerprint density at radius 3 is 2.75 bits per heavy atom. The zero-order valence-electron chi connectivity index (χ0n) is 10.6. The minimum atomic E-state index is 0.0434. The molecule has 4 heteroatoms. The second-order valence-corrected chi connectivity index (χ2v) is 6.05. The highest BCUT2D eigenvalue weighted by molar-refractivity contribution is 7.09. The predicted molar refractivity (Wildman–Crippen MR) is 68.6 cm³/mol. The van der Waals surface area contributed by atoms with Gasteiger partial charge in [0.15, 0.2) is 0 Å². The Balaban J connectivity index is 2.41. The van der Waals surface area contributed by atoms with Crippen LogP contribution in [0.1, 0.15) is 37.9 Å². The molecule has 16 heavy (non-hydrogen) atoms. The van der Waals surface area contributed by atoms with Crippen molar-refractivity contribution >= 4 is 11.3 Å². The van der Waals surface area contributed by atoms with Crippen LogP contribution in [0.3, 0.4) is 0 Å². The molecule has 0 spiro atoms. The van der Waals surface area contributed by atoms with Gasteiger partial charge in [0.1, 0.15) is 5.01 Å². The van der Waals surface area contributed by atoms with E-state index in [1.807, 2.05) is 6.92 Å². The zero-order chi connectivity index (χ0) is 12.2. The largest absolute Gasteiger partial charge is 0.396 e. The van der Waals surface area contributed by atoms with E-state index in [1.54, 1.807) is 11.3 Å². The average molecular weight is 242 g/mol. The third-order valence-electron chi connectivity index (χ3n) is 2.56. The molecule has 0 radical (unpaired) electrons. The SMILES string of the molecule is Cc1csc(CNC(C)(C)C[C@@H](C)CO)n1. The van der Waals surface area contributed by atoms with Gasteiger partial charge in [-0.15, -0.1) is 11.3 Å². The first-order valence-corrected chi connectivity index (χ1v) is 6.58. The summed E-state index contributed by atoms with van der Waals surface area (Å²) in [5, 5.41) is 15.7. The number of aryl methyl sites for hydroxylation is 1. The van der Waals surface area contributed by atoms with Gasteiger partial charge in [-0.25, -0.2) is 4.98 Å². The second kappa shape index (κ2) is 5.75. The number of hydrogen-bond donors (Lipinski definition) is 2. The molecule has 1 atom stereocenters. The van der Waals surface area contributed by atoms with E-state index in [1.165, 1.54) is 0 Å². The highest BCUT2D eigenvalue weighted by Gasteiger charge is 2.20. The molecule has 0 bridgehead atoms. The minimum Gasteiger partial charge on any atom is -0.396 e. The summed E-state index contributed by atoms with van der Waals surface area (Å²) in [4.78, 5) is 4.42. The second-order valence-electron chi connectivity index (χ2n) is 5.11. The molecule has 1 aromatic rings. The van der Waals surface area contributed by atoms with Crippen LogP contribution in [0.4, 0.5) is 0 Å². The fraction of sp³-hybridized carbons (Fsp3) is 0.750. The van der Waals surface area contributed by atoms with E-state index in [9.17, 15) is 0 Å². The van der Waals surface area contributed by atoms with Crippen LogP contribution in [-0.4, -0.2) is 22.2 Å². The Bertz CT molecular complexity index is 323. The van der Waals surface area contributed by atoms with Gasteiger partial charge in [-0.05, 0) is 33.1 Å². The molecule has 0 aromatic carbocycles. The highest BCUT2D eigenvalue weighted by atomic mass is 32.1. The van der Waals surface area contributed by atoms with Gasteiger partial charge in [-0.1, -0.05) is 6.92 Å². The molecule has 0 saturated heterocycles. The van der Waals surface area contributed by atoms with E-state index in [-0.39, 0.29) is 12.1 Å². The molecule has 92 valence electrons. The van der Waals surface area contributed by atoms with Crippen molar-refractivity contribution < 1.29 is 5.11 Å². The maximum Gasteiger partial charge on any atom is 0.107 e. The Morgan fingerprint density at radius 2 is 2.25 bits per heavy atom. The van der Waals surface area contributed by atoms with Crippen LogP contribution in [0.5, 0.6) is 0 Å². The van der Waals surface area contributed by atoms with Gasteiger partial charge in [0.25, 0.3) is 0 Å². The van der Waals surface area contributed by atoms with E-state index in [0.29, 0.717) is 5.92 Å². The summed E-state index contributed by atoms with van der Waals surface area (Å²) in [6.07, 6.45) is 0.966. The number of nitrogens with zero attached hydrogens (tertiary/aromatic N) is 1. The smallest absolute Gasteiger partial charge is 0.107 e. The summed E-state index contributed by atoms with van der Waals surface area (Å²) in [6, 6.07) is 0. The summed E-state index contributed by atoms with van der Waals surface area (Å²) in [7, 11) is 0. The fourth-order valence-corrected chi connectivity index (χ4v) is 2.52. The fourth-order valence-electron chi connectivity index (χ4n) is 1.81.